The number of β-amino-alcohol motifs (C(OH)–C–C–N with tert-alkyl or cyclic N) is 1. The fourth-order valence-electron chi connectivity index (χ4n) is 5.12. The summed E-state index contributed by atoms with van der Waals surface area (Å²) in [7, 11) is 0. The topological polar surface area (TPSA) is 71.9 Å². The van der Waals surface area contributed by atoms with Crippen molar-refractivity contribution >= 4 is 28.7 Å². The van der Waals surface area contributed by atoms with E-state index in [1.165, 1.54) is 0 Å². The molecule has 176 valence electrons. The Kier molecular flexibility index (Phi) is 5.60. The lowest BCUT2D eigenvalue weighted by molar-refractivity contribution is -0.120. The Morgan fingerprint density at radius 1 is 1.24 bits per heavy atom. The summed E-state index contributed by atoms with van der Waals surface area (Å²) < 4.78 is 10.9. The van der Waals surface area contributed by atoms with Crippen LogP contribution in [0.4, 0.5) is 0 Å². The quantitative estimate of drug-likeness (QED) is 0.518. The molecule has 0 amide bonds. The fourth-order valence-corrected chi connectivity index (χ4v) is 6.43. The molecule has 1 aliphatic carbocycles. The third kappa shape index (κ3) is 3.90. The lowest BCUT2D eigenvalue weighted by Crippen LogP contribution is -2.28. The molecule has 34 heavy (non-hydrogen) atoms. The van der Waals surface area contributed by atoms with Crippen LogP contribution < -0.4 is 9.47 Å². The predicted molar refractivity (Wildman–Crippen MR) is 130 cm³/mol. The Morgan fingerprint density at radius 3 is 2.82 bits per heavy atom. The molecule has 3 aromatic rings. The minimum Gasteiger partial charge on any atom is -0.454 e. The number of hydrogen-bond donors (Lipinski definition) is 1. The van der Waals surface area contributed by atoms with Gasteiger partial charge in [-0.15, -0.1) is 11.3 Å². The highest BCUT2D eigenvalue weighted by molar-refractivity contribution is 7.11. The highest BCUT2D eigenvalue weighted by Crippen LogP contribution is 2.51. The lowest BCUT2D eigenvalue weighted by Gasteiger charge is -2.27. The maximum absolute atomic E-state index is 13.4. The predicted octanol–water partition coefficient (Wildman–Crippen LogP) is 4.52. The number of carbonyl (C=O) groups is 1. The summed E-state index contributed by atoms with van der Waals surface area (Å²) in [5.41, 5.74) is 1.55. The molecule has 1 saturated carbocycles. The van der Waals surface area contributed by atoms with Crippen LogP contribution in [0.15, 0.2) is 48.7 Å². The fraction of sp³-hybridized carbons (Fsp3) is 0.385. The minimum atomic E-state index is -0.450. The van der Waals surface area contributed by atoms with E-state index in [0.29, 0.717) is 23.7 Å². The standard InChI is InChI=1S/C26H25ClN2O4S/c27-19-4-2-1-3-18(19)25(29-10-7-17(30)14-29)22-13-28-24(34-22)12-23(31)26(8-9-26)16-5-6-20-21(11-16)33-15-32-20/h1-6,11,13,17,25,30H,7-10,12,14-15H2/t17?,25-/m0/s1. The number of hydrogen-bond acceptors (Lipinski definition) is 7. The van der Waals surface area contributed by atoms with Crippen molar-refractivity contribution in [1.29, 1.82) is 0 Å². The van der Waals surface area contributed by atoms with Crippen LogP contribution in [0.2, 0.25) is 5.02 Å². The number of benzene rings is 2. The number of carbonyl (C=O) groups excluding carboxylic acids is 1. The Bertz CT molecular complexity index is 1240. The number of fused-ring (bicyclic) bond motifs is 1. The largest absolute Gasteiger partial charge is 0.454 e. The number of thiazole rings is 1. The lowest BCUT2D eigenvalue weighted by atomic mass is 9.89. The second kappa shape index (κ2) is 8.64. The van der Waals surface area contributed by atoms with E-state index in [-0.39, 0.29) is 24.7 Å². The van der Waals surface area contributed by atoms with Gasteiger partial charge >= 0.3 is 0 Å². The molecule has 3 heterocycles. The third-order valence-corrected chi connectivity index (χ3v) is 8.52. The molecule has 1 aromatic heterocycles. The second-order valence-electron chi connectivity index (χ2n) is 9.27. The van der Waals surface area contributed by atoms with Crippen molar-refractivity contribution in [2.75, 3.05) is 19.9 Å². The molecule has 2 aliphatic heterocycles. The molecule has 1 saturated heterocycles. The highest BCUT2D eigenvalue weighted by Gasteiger charge is 2.51. The van der Waals surface area contributed by atoms with Gasteiger partial charge in [0.2, 0.25) is 6.79 Å². The minimum absolute atomic E-state index is 0.0871. The molecule has 6 nitrogen and oxygen atoms in total. The van der Waals surface area contributed by atoms with E-state index >= 15 is 0 Å². The number of Topliss-reactive ketones (excluding diaryl/α,β-unsaturated/α-hetero) is 1. The van der Waals surface area contributed by atoms with E-state index in [0.717, 1.165) is 52.6 Å². The zero-order chi connectivity index (χ0) is 23.3. The molecule has 2 fully saturated rings. The van der Waals surface area contributed by atoms with Crippen molar-refractivity contribution in [2.45, 2.75) is 43.2 Å². The van der Waals surface area contributed by atoms with Crippen LogP contribution in [0, 0.1) is 0 Å². The van der Waals surface area contributed by atoms with Gasteiger partial charge in [0.1, 0.15) is 10.8 Å². The van der Waals surface area contributed by atoms with Gasteiger partial charge in [-0.2, -0.15) is 0 Å². The first-order valence-electron chi connectivity index (χ1n) is 11.6. The zero-order valence-corrected chi connectivity index (χ0v) is 20.1. The average molecular weight is 497 g/mol. The molecule has 3 aliphatic rings. The van der Waals surface area contributed by atoms with Gasteiger partial charge in [-0.3, -0.25) is 9.69 Å². The average Bonchev–Trinajstić information content (AvgIpc) is 3.13. The van der Waals surface area contributed by atoms with Crippen LogP contribution in [-0.4, -0.2) is 46.8 Å². The SMILES string of the molecule is O=C(Cc1ncc([C@H](c2ccccc2Cl)N2CCC(O)C2)s1)C1(c2ccc3c(c2)OCO3)CC1. The maximum atomic E-state index is 13.4. The number of aliphatic hydroxyl groups excluding tert-OH is 1. The van der Waals surface area contributed by atoms with Gasteiger partial charge in [0.15, 0.2) is 11.5 Å². The third-order valence-electron chi connectivity index (χ3n) is 7.12. The number of likely N-dealkylation sites (tertiary alicyclic amines) is 1. The van der Waals surface area contributed by atoms with Crippen molar-refractivity contribution in [2.24, 2.45) is 0 Å². The summed E-state index contributed by atoms with van der Waals surface area (Å²) in [5, 5.41) is 11.7. The molecule has 2 aromatic carbocycles. The van der Waals surface area contributed by atoms with Crippen molar-refractivity contribution in [3.05, 3.63) is 74.7 Å². The molecule has 6 rings (SSSR count). The van der Waals surface area contributed by atoms with E-state index in [1.807, 2.05) is 48.7 Å². The summed E-state index contributed by atoms with van der Waals surface area (Å²) >= 11 is 8.13. The maximum Gasteiger partial charge on any atom is 0.231 e. The van der Waals surface area contributed by atoms with Gasteiger partial charge in [-0.1, -0.05) is 35.9 Å². The number of nitrogens with zero attached hydrogens (tertiary/aromatic N) is 2. The van der Waals surface area contributed by atoms with Crippen LogP contribution in [0.1, 0.15) is 46.3 Å². The van der Waals surface area contributed by atoms with Crippen LogP contribution in [0.25, 0.3) is 0 Å². The monoisotopic (exact) mass is 496 g/mol. The van der Waals surface area contributed by atoms with Crippen LogP contribution in [-0.2, 0) is 16.6 Å². The highest BCUT2D eigenvalue weighted by atomic mass is 35.5. The number of ether oxygens (including phenoxy) is 2. The summed E-state index contributed by atoms with van der Waals surface area (Å²) in [6, 6.07) is 13.6. The number of aromatic nitrogens is 1. The first-order chi connectivity index (χ1) is 16.5. The summed E-state index contributed by atoms with van der Waals surface area (Å²) in [6.07, 6.45) is 4.26. The smallest absolute Gasteiger partial charge is 0.231 e. The summed E-state index contributed by atoms with van der Waals surface area (Å²) in [4.78, 5) is 21.4. The molecular weight excluding hydrogens is 472 g/mol. The van der Waals surface area contributed by atoms with Crippen molar-refractivity contribution in [3.8, 4) is 11.5 Å². The first kappa shape index (κ1) is 22.0. The van der Waals surface area contributed by atoms with Crippen molar-refractivity contribution < 1.29 is 19.4 Å². The van der Waals surface area contributed by atoms with Crippen molar-refractivity contribution in [1.82, 2.24) is 9.88 Å². The van der Waals surface area contributed by atoms with Crippen molar-refractivity contribution in [3.63, 3.8) is 0 Å². The summed E-state index contributed by atoms with van der Waals surface area (Å²) in [6.45, 7) is 1.61. The molecule has 8 heteroatoms. The summed E-state index contributed by atoms with van der Waals surface area (Å²) in [5.74, 6) is 1.64. The molecular formula is C26H25ClN2O4S. The molecule has 1 unspecified atom stereocenters. The van der Waals surface area contributed by atoms with Gasteiger partial charge in [-0.25, -0.2) is 4.98 Å². The molecule has 0 spiro atoms. The normalized spacial score (nSPS) is 21.5. The molecule has 2 atom stereocenters. The molecule has 0 radical (unpaired) electrons. The van der Waals surface area contributed by atoms with E-state index < -0.39 is 5.41 Å². The number of aliphatic hydroxyl groups is 1. The van der Waals surface area contributed by atoms with E-state index in [4.69, 9.17) is 21.1 Å². The Balaban J connectivity index is 1.25. The van der Waals surface area contributed by atoms with Gasteiger partial charge < -0.3 is 14.6 Å². The van der Waals surface area contributed by atoms with E-state index in [2.05, 4.69) is 9.88 Å². The molecule has 0 bridgehead atoms. The van der Waals surface area contributed by atoms with Gasteiger partial charge in [0.05, 0.1) is 24.0 Å². The van der Waals surface area contributed by atoms with Gasteiger partial charge in [-0.05, 0) is 48.6 Å². The number of ketones is 1. The number of rotatable bonds is 7. The Labute approximate surface area is 207 Å². The second-order valence-corrected chi connectivity index (χ2v) is 10.8. The van der Waals surface area contributed by atoms with Gasteiger partial charge in [0.25, 0.3) is 0 Å². The first-order valence-corrected chi connectivity index (χ1v) is 12.8. The Morgan fingerprint density at radius 2 is 2.06 bits per heavy atom. The van der Waals surface area contributed by atoms with E-state index in [1.54, 1.807) is 11.3 Å². The van der Waals surface area contributed by atoms with Crippen LogP contribution in [0.3, 0.4) is 0 Å². The van der Waals surface area contributed by atoms with Crippen LogP contribution in [0.5, 0.6) is 11.5 Å². The molecule has 1 N–H and O–H groups in total. The Hall–Kier alpha value is -2.45. The zero-order valence-electron chi connectivity index (χ0n) is 18.6. The van der Waals surface area contributed by atoms with Crippen LogP contribution >= 0.6 is 22.9 Å². The van der Waals surface area contributed by atoms with Gasteiger partial charge in [0, 0.05) is 29.2 Å². The van der Waals surface area contributed by atoms with E-state index in [9.17, 15) is 9.90 Å². The number of halogens is 1.